The molecule has 0 aromatic heterocycles. The molecule has 0 radical (unpaired) electrons. The molecule has 8 atom stereocenters. The minimum Gasteiger partial charge on any atom is -0.475 e. The highest BCUT2D eigenvalue weighted by atomic mass is 19.1. The number of alkyl halides is 1. The number of hydrogen-bond acceptors (Lipinski definition) is 6. The number of halogens is 1. The van der Waals surface area contributed by atoms with Crippen molar-refractivity contribution < 1.29 is 38.5 Å². The van der Waals surface area contributed by atoms with Crippen molar-refractivity contribution in [2.45, 2.75) is 82.6 Å². The summed E-state index contributed by atoms with van der Waals surface area (Å²) < 4.78 is 29.3. The van der Waals surface area contributed by atoms with Gasteiger partial charge in [0.2, 0.25) is 0 Å². The molecule has 2 N–H and O–H groups in total. The molecule has 0 aromatic carbocycles. The molecule has 0 spiro atoms. The summed E-state index contributed by atoms with van der Waals surface area (Å²) in [5.74, 6) is -5.21. The molecule has 5 rings (SSSR count). The average molecular weight is 448 g/mol. The van der Waals surface area contributed by atoms with Gasteiger partial charge in [-0.1, -0.05) is 18.6 Å². The third-order valence-corrected chi connectivity index (χ3v) is 9.17. The average Bonchev–Trinajstić information content (AvgIpc) is 3.09. The molecule has 3 saturated carbocycles. The van der Waals surface area contributed by atoms with Gasteiger partial charge in [0.05, 0.1) is 12.2 Å². The van der Waals surface area contributed by atoms with Crippen LogP contribution in [0.3, 0.4) is 0 Å². The van der Waals surface area contributed by atoms with Crippen LogP contribution in [-0.2, 0) is 23.9 Å². The van der Waals surface area contributed by atoms with E-state index in [0.29, 0.717) is 18.4 Å². The first-order valence-corrected chi connectivity index (χ1v) is 11.2. The smallest absolute Gasteiger partial charge is 0.375 e. The zero-order valence-electron chi connectivity index (χ0n) is 18.7. The quantitative estimate of drug-likeness (QED) is 0.625. The predicted molar refractivity (Wildman–Crippen MR) is 109 cm³/mol. The highest BCUT2D eigenvalue weighted by molar-refractivity contribution is 6.36. The number of carbonyl (C=O) groups excluding carboxylic acids is 2. The number of aliphatic carboxylic acids is 1. The molecule has 0 amide bonds. The SMILES string of the molecule is CC1(C)O[C@@H]2C[C@H]3[C@@H]4CCC5=CC(=O)C=C[C@]5(C)[C@@]4(F)[C@@H](O)C[C@]3(C)[C@]2(C(=O)C(=O)O)O1. The summed E-state index contributed by atoms with van der Waals surface area (Å²) in [5, 5.41) is 21.0. The van der Waals surface area contributed by atoms with E-state index in [1.54, 1.807) is 33.8 Å². The van der Waals surface area contributed by atoms with E-state index in [1.165, 1.54) is 12.2 Å². The van der Waals surface area contributed by atoms with Crippen LogP contribution in [0, 0.1) is 22.7 Å². The van der Waals surface area contributed by atoms with E-state index in [2.05, 4.69) is 0 Å². The number of carboxylic acids is 1. The molecule has 0 bridgehead atoms. The second-order valence-electron chi connectivity index (χ2n) is 11.0. The molecule has 32 heavy (non-hydrogen) atoms. The highest BCUT2D eigenvalue weighted by Gasteiger charge is 2.80. The van der Waals surface area contributed by atoms with E-state index in [-0.39, 0.29) is 18.6 Å². The number of allylic oxidation sites excluding steroid dienone is 4. The summed E-state index contributed by atoms with van der Waals surface area (Å²) in [6.45, 7) is 6.70. The lowest BCUT2D eigenvalue weighted by Crippen LogP contribution is -2.70. The van der Waals surface area contributed by atoms with Crippen molar-refractivity contribution in [3.63, 3.8) is 0 Å². The van der Waals surface area contributed by atoms with Crippen LogP contribution in [0.2, 0.25) is 0 Å². The Bertz CT molecular complexity index is 1000. The summed E-state index contributed by atoms with van der Waals surface area (Å²) in [7, 11) is 0. The molecule has 8 heteroatoms. The van der Waals surface area contributed by atoms with Gasteiger partial charge in [0.25, 0.3) is 5.78 Å². The first-order valence-electron chi connectivity index (χ1n) is 11.2. The summed E-state index contributed by atoms with van der Waals surface area (Å²) in [6, 6.07) is 0. The van der Waals surface area contributed by atoms with Crippen molar-refractivity contribution in [1.29, 1.82) is 0 Å². The van der Waals surface area contributed by atoms with Gasteiger partial charge in [-0.3, -0.25) is 9.59 Å². The van der Waals surface area contributed by atoms with Crippen LogP contribution in [0.5, 0.6) is 0 Å². The fourth-order valence-corrected chi connectivity index (χ4v) is 7.86. The van der Waals surface area contributed by atoms with Gasteiger partial charge in [-0.05, 0) is 64.5 Å². The van der Waals surface area contributed by atoms with Gasteiger partial charge in [0.15, 0.2) is 22.8 Å². The van der Waals surface area contributed by atoms with Crippen molar-refractivity contribution >= 4 is 17.5 Å². The van der Waals surface area contributed by atoms with Crippen LogP contribution < -0.4 is 0 Å². The van der Waals surface area contributed by atoms with Crippen LogP contribution >= 0.6 is 0 Å². The second-order valence-corrected chi connectivity index (χ2v) is 11.0. The third kappa shape index (κ3) is 2.28. The monoisotopic (exact) mass is 448 g/mol. The highest BCUT2D eigenvalue weighted by Crippen LogP contribution is 2.72. The van der Waals surface area contributed by atoms with Crippen molar-refractivity contribution in [2.24, 2.45) is 22.7 Å². The maximum atomic E-state index is 17.1. The third-order valence-electron chi connectivity index (χ3n) is 9.17. The number of carbonyl (C=O) groups is 3. The normalized spacial score (nSPS) is 50.7. The van der Waals surface area contributed by atoms with E-state index in [4.69, 9.17) is 9.47 Å². The van der Waals surface area contributed by atoms with E-state index < -0.39 is 63.7 Å². The zero-order valence-corrected chi connectivity index (χ0v) is 18.7. The Morgan fingerprint density at radius 3 is 2.53 bits per heavy atom. The topological polar surface area (TPSA) is 110 Å². The maximum absolute atomic E-state index is 17.1. The molecule has 7 nitrogen and oxygen atoms in total. The number of rotatable bonds is 2. The number of carboxylic acid groups (broad SMARTS) is 1. The lowest BCUT2D eigenvalue weighted by molar-refractivity contribution is -0.245. The minimum absolute atomic E-state index is 0.149. The Morgan fingerprint density at radius 2 is 1.88 bits per heavy atom. The molecule has 0 unspecified atom stereocenters. The van der Waals surface area contributed by atoms with Crippen LogP contribution in [0.15, 0.2) is 23.8 Å². The summed E-state index contributed by atoms with van der Waals surface area (Å²) in [6.07, 6.45) is 3.02. The number of aliphatic hydroxyl groups excluding tert-OH is 1. The molecular weight excluding hydrogens is 419 g/mol. The van der Waals surface area contributed by atoms with Crippen molar-refractivity contribution in [1.82, 2.24) is 0 Å². The lowest BCUT2D eigenvalue weighted by atomic mass is 9.44. The number of aliphatic hydroxyl groups is 1. The van der Waals surface area contributed by atoms with Crippen molar-refractivity contribution in [3.05, 3.63) is 23.8 Å². The van der Waals surface area contributed by atoms with Crippen molar-refractivity contribution in [2.75, 3.05) is 0 Å². The Balaban J connectivity index is 1.65. The number of ketones is 2. The Morgan fingerprint density at radius 1 is 1.19 bits per heavy atom. The van der Waals surface area contributed by atoms with Gasteiger partial charge in [-0.2, -0.15) is 0 Å². The fourth-order valence-electron chi connectivity index (χ4n) is 7.86. The minimum atomic E-state index is -2.07. The van der Waals surface area contributed by atoms with E-state index in [1.807, 2.05) is 0 Å². The lowest BCUT2D eigenvalue weighted by Gasteiger charge is -2.62. The summed E-state index contributed by atoms with van der Waals surface area (Å²) in [5.41, 5.74) is -5.50. The van der Waals surface area contributed by atoms with Crippen LogP contribution in [-0.4, -0.2) is 57.0 Å². The summed E-state index contributed by atoms with van der Waals surface area (Å²) >= 11 is 0. The Labute approximate surface area is 185 Å². The second kappa shape index (κ2) is 6.15. The number of ether oxygens (including phenoxy) is 2. The zero-order chi connectivity index (χ0) is 23.5. The standard InChI is InChI=1S/C24H29FO7/c1-20(2)31-17-10-15-14-6-5-12-9-13(26)7-8-21(12,3)23(14,25)16(27)11-22(15,4)24(17,32-20)18(28)19(29)30/h7-9,14-17,27H,5-6,10-11H2,1-4H3,(H,29,30)/t14-,15-,16-,17+,21-,22-,23-,24-/m0/s1. The Kier molecular flexibility index (Phi) is 4.22. The Hall–Kier alpha value is -1.90. The van der Waals surface area contributed by atoms with Crippen molar-refractivity contribution in [3.8, 4) is 0 Å². The molecule has 1 heterocycles. The number of Topliss-reactive ketones (excluding diaryl/α,β-unsaturated/α-hetero) is 1. The van der Waals surface area contributed by atoms with Gasteiger partial charge in [0.1, 0.15) is 0 Å². The van der Waals surface area contributed by atoms with Crippen LogP contribution in [0.25, 0.3) is 0 Å². The predicted octanol–water partition coefficient (Wildman–Crippen LogP) is 2.51. The largest absolute Gasteiger partial charge is 0.475 e. The van der Waals surface area contributed by atoms with Crippen LogP contribution in [0.4, 0.5) is 4.39 Å². The van der Waals surface area contributed by atoms with Gasteiger partial charge in [-0.15, -0.1) is 0 Å². The van der Waals surface area contributed by atoms with Gasteiger partial charge >= 0.3 is 5.97 Å². The van der Waals surface area contributed by atoms with Crippen LogP contribution in [0.1, 0.15) is 53.4 Å². The molecule has 4 fully saturated rings. The van der Waals surface area contributed by atoms with E-state index in [9.17, 15) is 24.6 Å². The maximum Gasteiger partial charge on any atom is 0.375 e. The van der Waals surface area contributed by atoms with E-state index >= 15 is 4.39 Å². The van der Waals surface area contributed by atoms with Gasteiger partial charge < -0.3 is 19.7 Å². The first-order chi connectivity index (χ1) is 14.7. The molecular formula is C24H29FO7. The van der Waals surface area contributed by atoms with Gasteiger partial charge in [0, 0.05) is 16.7 Å². The van der Waals surface area contributed by atoms with Gasteiger partial charge in [-0.25, -0.2) is 9.18 Å². The molecule has 0 aromatic rings. The first kappa shape index (κ1) is 21.9. The molecule has 4 aliphatic carbocycles. The molecule has 1 aliphatic heterocycles. The van der Waals surface area contributed by atoms with E-state index in [0.717, 1.165) is 0 Å². The number of fused-ring (bicyclic) bond motifs is 7. The molecule has 174 valence electrons. The molecule has 5 aliphatic rings. The molecule has 1 saturated heterocycles. The fraction of sp³-hybridized carbons (Fsp3) is 0.708. The number of hydrogen-bond donors (Lipinski definition) is 2. The summed E-state index contributed by atoms with van der Waals surface area (Å²) in [4.78, 5) is 37.0.